The Kier molecular flexibility index (Phi) is 4.29. The van der Waals surface area contributed by atoms with Gasteiger partial charge < -0.3 is 0 Å². The highest BCUT2D eigenvalue weighted by molar-refractivity contribution is 4.80. The summed E-state index contributed by atoms with van der Waals surface area (Å²) in [4.78, 5) is 0. The molecular formula is C9H12F6O2. The summed E-state index contributed by atoms with van der Waals surface area (Å²) in [5.41, 5.74) is 0. The molecule has 1 aliphatic rings. The van der Waals surface area contributed by atoms with Crippen molar-refractivity contribution in [2.45, 2.75) is 51.1 Å². The molecule has 0 saturated heterocycles. The number of rotatable bonds is 2. The molecule has 0 aliphatic heterocycles. The average molecular weight is 266 g/mol. The molecule has 3 atom stereocenters. The van der Waals surface area contributed by atoms with E-state index >= 15 is 0 Å². The van der Waals surface area contributed by atoms with Crippen LogP contribution in [0.2, 0.25) is 0 Å². The van der Waals surface area contributed by atoms with E-state index < -0.39 is 24.9 Å². The Hall–Kier alpha value is -0.500. The molecule has 0 aromatic carbocycles. The van der Waals surface area contributed by atoms with Crippen molar-refractivity contribution in [1.82, 2.24) is 0 Å². The first-order chi connectivity index (χ1) is 7.57. The van der Waals surface area contributed by atoms with Crippen LogP contribution in [0.5, 0.6) is 0 Å². The zero-order valence-corrected chi connectivity index (χ0v) is 8.94. The van der Waals surface area contributed by atoms with E-state index in [0.717, 1.165) is 0 Å². The van der Waals surface area contributed by atoms with E-state index in [2.05, 4.69) is 9.47 Å². The lowest BCUT2D eigenvalue weighted by Crippen LogP contribution is -2.43. The van der Waals surface area contributed by atoms with Crippen LogP contribution in [0, 0.1) is 5.92 Å². The molecular weight excluding hydrogens is 254 g/mol. The van der Waals surface area contributed by atoms with E-state index in [-0.39, 0.29) is 18.8 Å². The first-order valence-electron chi connectivity index (χ1n) is 5.06. The maximum Gasteiger partial charge on any atom is 0.522 e. The number of hydrogen-bond acceptors (Lipinski definition) is 2. The highest BCUT2D eigenvalue weighted by atomic mass is 19.4. The fourth-order valence-electron chi connectivity index (χ4n) is 1.90. The third kappa shape index (κ3) is 5.58. The van der Waals surface area contributed by atoms with Crippen molar-refractivity contribution in [2.75, 3.05) is 0 Å². The molecule has 0 spiro atoms. The molecule has 0 heterocycles. The summed E-state index contributed by atoms with van der Waals surface area (Å²) in [5, 5.41) is 0. The Balaban J connectivity index is 2.65. The van der Waals surface area contributed by atoms with Gasteiger partial charge in [-0.3, -0.25) is 9.47 Å². The highest BCUT2D eigenvalue weighted by Gasteiger charge is 2.44. The quantitative estimate of drug-likeness (QED) is 0.711. The van der Waals surface area contributed by atoms with Gasteiger partial charge >= 0.3 is 12.7 Å². The summed E-state index contributed by atoms with van der Waals surface area (Å²) in [6.45, 7) is 1.66. The normalized spacial score (nSPS) is 31.6. The van der Waals surface area contributed by atoms with Crippen LogP contribution < -0.4 is 0 Å². The van der Waals surface area contributed by atoms with E-state index in [0.29, 0.717) is 6.42 Å². The van der Waals surface area contributed by atoms with Crippen molar-refractivity contribution in [2.24, 2.45) is 5.92 Å². The monoisotopic (exact) mass is 266 g/mol. The summed E-state index contributed by atoms with van der Waals surface area (Å²) in [6.07, 6.45) is -12.9. The Labute approximate surface area is 93.9 Å². The largest absolute Gasteiger partial charge is 0.522 e. The smallest absolute Gasteiger partial charge is 0.286 e. The van der Waals surface area contributed by atoms with Crippen molar-refractivity contribution in [1.29, 1.82) is 0 Å². The van der Waals surface area contributed by atoms with Gasteiger partial charge in [-0.05, 0) is 25.2 Å². The molecule has 0 aromatic heterocycles. The molecule has 0 radical (unpaired) electrons. The second-order valence-corrected chi connectivity index (χ2v) is 4.12. The molecule has 102 valence electrons. The molecule has 1 rings (SSSR count). The second-order valence-electron chi connectivity index (χ2n) is 4.12. The summed E-state index contributed by atoms with van der Waals surface area (Å²) in [6, 6.07) is 0. The van der Waals surface area contributed by atoms with Crippen LogP contribution in [0.3, 0.4) is 0 Å². The van der Waals surface area contributed by atoms with Crippen LogP contribution in [0.25, 0.3) is 0 Å². The van der Waals surface area contributed by atoms with Gasteiger partial charge in [0.2, 0.25) is 0 Å². The van der Waals surface area contributed by atoms with Gasteiger partial charge in [-0.1, -0.05) is 6.92 Å². The minimum atomic E-state index is -4.95. The van der Waals surface area contributed by atoms with E-state index in [1.165, 1.54) is 0 Å². The number of ether oxygens (including phenoxy) is 2. The van der Waals surface area contributed by atoms with E-state index in [9.17, 15) is 26.3 Å². The Bertz CT molecular complexity index is 249. The molecule has 1 aliphatic carbocycles. The van der Waals surface area contributed by atoms with Crippen LogP contribution in [-0.4, -0.2) is 24.9 Å². The first-order valence-corrected chi connectivity index (χ1v) is 5.06. The fraction of sp³-hybridized carbons (Fsp3) is 1.00. The molecule has 2 nitrogen and oxygen atoms in total. The van der Waals surface area contributed by atoms with Crippen LogP contribution in [0.4, 0.5) is 26.3 Å². The van der Waals surface area contributed by atoms with Crippen molar-refractivity contribution >= 4 is 0 Å². The predicted octanol–water partition coefficient (Wildman–Crippen LogP) is 3.62. The Morgan fingerprint density at radius 2 is 1.29 bits per heavy atom. The Morgan fingerprint density at radius 3 is 1.76 bits per heavy atom. The standard InChI is InChI=1S/C9H12F6O2/c1-5-2-3-6(16-8(10,11)12)7(4-5)17-9(13,14)15/h5-7H,2-4H2,1H3. The second kappa shape index (κ2) is 5.01. The lowest BCUT2D eigenvalue weighted by molar-refractivity contribution is -0.393. The lowest BCUT2D eigenvalue weighted by atomic mass is 9.86. The van der Waals surface area contributed by atoms with Gasteiger partial charge in [-0.15, -0.1) is 26.3 Å². The molecule has 17 heavy (non-hydrogen) atoms. The van der Waals surface area contributed by atoms with Gasteiger partial charge in [0.1, 0.15) is 0 Å². The van der Waals surface area contributed by atoms with E-state index in [4.69, 9.17) is 0 Å². The van der Waals surface area contributed by atoms with Gasteiger partial charge in [0, 0.05) is 0 Å². The maximum atomic E-state index is 12.0. The third-order valence-corrected chi connectivity index (χ3v) is 2.56. The first kappa shape index (κ1) is 14.6. The minimum absolute atomic E-state index is 0.0958. The number of alkyl halides is 6. The van der Waals surface area contributed by atoms with Crippen LogP contribution in [-0.2, 0) is 9.47 Å². The van der Waals surface area contributed by atoms with Gasteiger partial charge in [0.05, 0.1) is 12.2 Å². The summed E-state index contributed by atoms with van der Waals surface area (Å²) < 4.78 is 79.3. The van der Waals surface area contributed by atoms with Gasteiger partial charge in [0.25, 0.3) is 0 Å². The minimum Gasteiger partial charge on any atom is -0.286 e. The molecule has 8 heteroatoms. The zero-order valence-electron chi connectivity index (χ0n) is 8.94. The van der Waals surface area contributed by atoms with Gasteiger partial charge in [0.15, 0.2) is 0 Å². The SMILES string of the molecule is CC1CCC(OC(F)(F)F)C(OC(F)(F)F)C1. The highest BCUT2D eigenvalue weighted by Crippen LogP contribution is 2.35. The van der Waals surface area contributed by atoms with E-state index in [1.54, 1.807) is 6.92 Å². The molecule has 0 aromatic rings. The van der Waals surface area contributed by atoms with Crippen molar-refractivity contribution < 1.29 is 35.8 Å². The topological polar surface area (TPSA) is 18.5 Å². The lowest BCUT2D eigenvalue weighted by Gasteiger charge is -2.34. The van der Waals surface area contributed by atoms with E-state index in [1.807, 2.05) is 0 Å². The molecule has 1 saturated carbocycles. The third-order valence-electron chi connectivity index (χ3n) is 2.56. The molecule has 1 fully saturated rings. The summed E-state index contributed by atoms with van der Waals surface area (Å²) in [7, 11) is 0. The predicted molar refractivity (Wildman–Crippen MR) is 44.9 cm³/mol. The molecule has 3 unspecified atom stereocenters. The van der Waals surface area contributed by atoms with Gasteiger partial charge in [-0.2, -0.15) is 0 Å². The number of hydrogen-bond donors (Lipinski definition) is 0. The zero-order chi connectivity index (χ0) is 13.3. The van der Waals surface area contributed by atoms with Crippen molar-refractivity contribution in [3.8, 4) is 0 Å². The van der Waals surface area contributed by atoms with Crippen molar-refractivity contribution in [3.63, 3.8) is 0 Å². The summed E-state index contributed by atoms with van der Waals surface area (Å²) in [5.74, 6) is -0.115. The van der Waals surface area contributed by atoms with Gasteiger partial charge in [-0.25, -0.2) is 0 Å². The molecule has 0 N–H and O–H groups in total. The number of halogens is 6. The Morgan fingerprint density at radius 1 is 0.824 bits per heavy atom. The maximum absolute atomic E-state index is 12.0. The fourth-order valence-corrected chi connectivity index (χ4v) is 1.90. The summed E-state index contributed by atoms with van der Waals surface area (Å²) >= 11 is 0. The van der Waals surface area contributed by atoms with Crippen LogP contribution in [0.1, 0.15) is 26.2 Å². The van der Waals surface area contributed by atoms with Crippen LogP contribution in [0.15, 0.2) is 0 Å². The van der Waals surface area contributed by atoms with Crippen molar-refractivity contribution in [3.05, 3.63) is 0 Å². The average Bonchev–Trinajstić information content (AvgIpc) is 2.05. The van der Waals surface area contributed by atoms with Crippen LogP contribution >= 0.6 is 0 Å². The molecule has 0 amide bonds. The molecule has 0 bridgehead atoms.